The van der Waals surface area contributed by atoms with E-state index in [1.807, 2.05) is 13.8 Å². The Morgan fingerprint density at radius 2 is 2.00 bits per heavy atom. The summed E-state index contributed by atoms with van der Waals surface area (Å²) in [6, 6.07) is 3.06. The Balaban J connectivity index is 2.55. The van der Waals surface area contributed by atoms with Crippen LogP contribution in [0.3, 0.4) is 0 Å². The van der Waals surface area contributed by atoms with Crippen molar-refractivity contribution in [2.24, 2.45) is 0 Å². The summed E-state index contributed by atoms with van der Waals surface area (Å²) in [7, 11) is -3.52. The minimum atomic E-state index is -3.52. The molecule has 2 rings (SSSR count). The van der Waals surface area contributed by atoms with Crippen molar-refractivity contribution in [1.29, 1.82) is 0 Å². The van der Waals surface area contributed by atoms with E-state index in [9.17, 15) is 8.42 Å². The molecule has 2 N–H and O–H groups in total. The van der Waals surface area contributed by atoms with Gasteiger partial charge in [-0.1, -0.05) is 11.6 Å². The topological polar surface area (TPSA) is 63.4 Å². The molecule has 1 aromatic rings. The minimum absolute atomic E-state index is 0.254. The summed E-state index contributed by atoms with van der Waals surface area (Å²) in [5.74, 6) is 0. The number of hydrogen-bond donors (Lipinski definition) is 1. The van der Waals surface area contributed by atoms with Crippen LogP contribution in [0, 0.1) is 6.92 Å². The van der Waals surface area contributed by atoms with E-state index in [1.165, 1.54) is 6.07 Å². The molecule has 0 unspecified atom stereocenters. The number of benzene rings is 1. The van der Waals surface area contributed by atoms with E-state index in [2.05, 4.69) is 0 Å². The molecule has 0 aliphatic carbocycles. The number of anilines is 1. The van der Waals surface area contributed by atoms with Crippen LogP contribution < -0.4 is 5.73 Å². The predicted octanol–water partition coefficient (Wildman–Crippen LogP) is 2.79. The molecule has 1 aromatic carbocycles. The van der Waals surface area contributed by atoms with Crippen molar-refractivity contribution in [1.82, 2.24) is 4.31 Å². The maximum atomic E-state index is 12.8. The third-order valence-electron chi connectivity index (χ3n) is 3.69. The van der Waals surface area contributed by atoms with Crippen LogP contribution in [0.5, 0.6) is 0 Å². The Bertz CT molecular complexity index is 611. The SMILES string of the molecule is Cc1cc(Cl)c(N)cc1S(=O)(=O)N1CCCC1(C)C. The van der Waals surface area contributed by atoms with Crippen LogP contribution in [0.1, 0.15) is 32.3 Å². The van der Waals surface area contributed by atoms with Crippen molar-refractivity contribution >= 4 is 27.3 Å². The van der Waals surface area contributed by atoms with Crippen LogP contribution in [0.15, 0.2) is 17.0 Å². The first kappa shape index (κ1) is 14.6. The van der Waals surface area contributed by atoms with Crippen molar-refractivity contribution in [3.63, 3.8) is 0 Å². The Labute approximate surface area is 119 Å². The van der Waals surface area contributed by atoms with Gasteiger partial charge in [0.25, 0.3) is 0 Å². The summed E-state index contributed by atoms with van der Waals surface area (Å²) < 4.78 is 27.1. The molecular formula is C13H19ClN2O2S. The normalized spacial score (nSPS) is 19.8. The zero-order valence-corrected chi connectivity index (χ0v) is 13.0. The van der Waals surface area contributed by atoms with Crippen molar-refractivity contribution in [3.8, 4) is 0 Å². The molecule has 0 radical (unpaired) electrons. The van der Waals surface area contributed by atoms with Crippen LogP contribution in [-0.2, 0) is 10.0 Å². The van der Waals surface area contributed by atoms with Crippen LogP contribution in [0.4, 0.5) is 5.69 Å². The van der Waals surface area contributed by atoms with Gasteiger partial charge in [-0.3, -0.25) is 0 Å². The van der Waals surface area contributed by atoms with Crippen molar-refractivity contribution in [3.05, 3.63) is 22.7 Å². The van der Waals surface area contributed by atoms with Crippen molar-refractivity contribution in [2.45, 2.75) is 44.0 Å². The number of halogens is 1. The highest BCUT2D eigenvalue weighted by Crippen LogP contribution is 2.36. The zero-order valence-electron chi connectivity index (χ0n) is 11.4. The molecule has 0 spiro atoms. The molecule has 0 atom stereocenters. The fourth-order valence-electron chi connectivity index (χ4n) is 2.59. The van der Waals surface area contributed by atoms with E-state index in [4.69, 9.17) is 17.3 Å². The lowest BCUT2D eigenvalue weighted by Crippen LogP contribution is -2.42. The number of rotatable bonds is 2. The monoisotopic (exact) mass is 302 g/mol. The quantitative estimate of drug-likeness (QED) is 0.854. The zero-order chi connectivity index (χ0) is 14.4. The Hall–Kier alpha value is -0.780. The number of nitrogen functional groups attached to an aromatic ring is 1. The van der Waals surface area contributed by atoms with Crippen LogP contribution in [0.2, 0.25) is 5.02 Å². The third kappa shape index (κ3) is 2.47. The van der Waals surface area contributed by atoms with Gasteiger partial charge < -0.3 is 5.73 Å². The fraction of sp³-hybridized carbons (Fsp3) is 0.538. The molecule has 0 saturated carbocycles. The highest BCUT2D eigenvalue weighted by atomic mass is 35.5. The lowest BCUT2D eigenvalue weighted by molar-refractivity contribution is 0.291. The van der Waals surface area contributed by atoms with Gasteiger partial charge in [-0.25, -0.2) is 8.42 Å². The second kappa shape index (κ2) is 4.65. The molecule has 6 heteroatoms. The van der Waals surface area contributed by atoms with Gasteiger partial charge in [-0.15, -0.1) is 0 Å². The average Bonchev–Trinajstić information content (AvgIpc) is 2.63. The van der Waals surface area contributed by atoms with E-state index < -0.39 is 10.0 Å². The molecule has 4 nitrogen and oxygen atoms in total. The van der Waals surface area contributed by atoms with Gasteiger partial charge in [0.1, 0.15) is 0 Å². The largest absolute Gasteiger partial charge is 0.397 e. The second-order valence-corrected chi connectivity index (χ2v) is 7.87. The van der Waals surface area contributed by atoms with Crippen molar-refractivity contribution in [2.75, 3.05) is 12.3 Å². The maximum Gasteiger partial charge on any atom is 0.243 e. The lowest BCUT2D eigenvalue weighted by atomic mass is 10.0. The lowest BCUT2D eigenvalue weighted by Gasteiger charge is -2.31. The highest BCUT2D eigenvalue weighted by Gasteiger charge is 2.41. The van der Waals surface area contributed by atoms with Gasteiger partial charge in [-0.2, -0.15) is 4.31 Å². The van der Waals surface area contributed by atoms with E-state index in [0.29, 0.717) is 22.8 Å². The Morgan fingerprint density at radius 1 is 1.37 bits per heavy atom. The summed E-state index contributed by atoms with van der Waals surface area (Å²) in [6.45, 7) is 6.19. The highest BCUT2D eigenvalue weighted by molar-refractivity contribution is 7.89. The average molecular weight is 303 g/mol. The first-order valence-electron chi connectivity index (χ1n) is 6.25. The molecular weight excluding hydrogens is 284 g/mol. The maximum absolute atomic E-state index is 12.8. The summed E-state index contributed by atoms with van der Waals surface area (Å²) in [5.41, 5.74) is 6.31. The van der Waals surface area contributed by atoms with Crippen LogP contribution in [-0.4, -0.2) is 24.8 Å². The molecule has 0 aromatic heterocycles. The van der Waals surface area contributed by atoms with Gasteiger partial charge in [0.15, 0.2) is 0 Å². The third-order valence-corrected chi connectivity index (χ3v) is 6.27. The van der Waals surface area contributed by atoms with E-state index in [1.54, 1.807) is 17.3 Å². The summed E-state index contributed by atoms with van der Waals surface area (Å²) >= 11 is 5.92. The van der Waals surface area contributed by atoms with Gasteiger partial charge in [0, 0.05) is 12.1 Å². The second-order valence-electron chi connectivity index (χ2n) is 5.63. The molecule has 0 amide bonds. The standard InChI is InChI=1S/C13H19ClN2O2S/c1-9-7-10(14)11(15)8-12(9)19(17,18)16-6-4-5-13(16,2)3/h7-8H,4-6,15H2,1-3H3. The number of sulfonamides is 1. The molecule has 106 valence electrons. The van der Waals surface area contributed by atoms with Gasteiger partial charge in [0.05, 0.1) is 15.6 Å². The van der Waals surface area contributed by atoms with Gasteiger partial charge in [0.2, 0.25) is 10.0 Å². The first-order chi connectivity index (χ1) is 8.66. The number of nitrogens with zero attached hydrogens (tertiary/aromatic N) is 1. The smallest absolute Gasteiger partial charge is 0.243 e. The number of nitrogens with two attached hydrogens (primary N) is 1. The molecule has 1 fully saturated rings. The van der Waals surface area contributed by atoms with E-state index >= 15 is 0 Å². The summed E-state index contributed by atoms with van der Waals surface area (Å²) in [6.07, 6.45) is 1.75. The van der Waals surface area contributed by atoms with Gasteiger partial charge >= 0.3 is 0 Å². The Morgan fingerprint density at radius 3 is 2.53 bits per heavy atom. The molecule has 1 heterocycles. The first-order valence-corrected chi connectivity index (χ1v) is 8.06. The fourth-order valence-corrected chi connectivity index (χ4v) is 4.90. The van der Waals surface area contributed by atoms with Gasteiger partial charge in [-0.05, 0) is 51.3 Å². The summed E-state index contributed by atoms with van der Waals surface area (Å²) in [4.78, 5) is 0.254. The molecule has 1 aliphatic rings. The molecule has 1 aliphatic heterocycles. The Kier molecular flexibility index (Phi) is 3.58. The molecule has 19 heavy (non-hydrogen) atoms. The molecule has 1 saturated heterocycles. The predicted molar refractivity (Wildman–Crippen MR) is 77.8 cm³/mol. The van der Waals surface area contributed by atoms with E-state index in [0.717, 1.165) is 12.8 Å². The number of hydrogen-bond acceptors (Lipinski definition) is 3. The van der Waals surface area contributed by atoms with Crippen LogP contribution in [0.25, 0.3) is 0 Å². The van der Waals surface area contributed by atoms with E-state index in [-0.39, 0.29) is 10.4 Å². The molecule has 0 bridgehead atoms. The number of aryl methyl sites for hydroxylation is 1. The van der Waals surface area contributed by atoms with Crippen molar-refractivity contribution < 1.29 is 8.42 Å². The van der Waals surface area contributed by atoms with Crippen LogP contribution >= 0.6 is 11.6 Å². The minimum Gasteiger partial charge on any atom is -0.397 e. The summed E-state index contributed by atoms with van der Waals surface area (Å²) in [5, 5.41) is 0.386.